The van der Waals surface area contributed by atoms with Gasteiger partial charge >= 0.3 is 0 Å². The van der Waals surface area contributed by atoms with Gasteiger partial charge in [-0.05, 0) is 37.1 Å². The molecule has 4 heteroatoms. The summed E-state index contributed by atoms with van der Waals surface area (Å²) in [4.78, 5) is 0. The minimum Gasteiger partial charge on any atom is -0.391 e. The number of nitrogens with zero attached hydrogens (tertiary/aromatic N) is 1. The molecule has 3 nitrogen and oxygen atoms in total. The van der Waals surface area contributed by atoms with E-state index >= 15 is 0 Å². The van der Waals surface area contributed by atoms with Gasteiger partial charge in [0.05, 0.1) is 12.1 Å². The van der Waals surface area contributed by atoms with Crippen molar-refractivity contribution in [1.82, 2.24) is 4.57 Å². The molecule has 0 radical (unpaired) electrons. The number of aryl methyl sites for hydroxylation is 1. The second-order valence-corrected chi connectivity index (χ2v) is 5.92. The predicted octanol–water partition coefficient (Wildman–Crippen LogP) is 4.40. The molecule has 2 atom stereocenters. The lowest BCUT2D eigenvalue weighted by atomic mass is 9.97. The molecule has 3 rings (SSSR count). The number of fused-ring (bicyclic) bond motifs is 3. The summed E-state index contributed by atoms with van der Waals surface area (Å²) in [7, 11) is 0. The SMILES string of the molecule is CCC[C@@H](O)[C@@H](N)c1ccc2c(c1)c1ccccc1n2CC.Cl. The normalized spacial score (nSPS) is 13.9. The summed E-state index contributed by atoms with van der Waals surface area (Å²) in [5, 5.41) is 12.6. The van der Waals surface area contributed by atoms with Gasteiger partial charge in [0, 0.05) is 28.4 Å². The van der Waals surface area contributed by atoms with Gasteiger partial charge in [0.25, 0.3) is 0 Å². The highest BCUT2D eigenvalue weighted by molar-refractivity contribution is 6.08. The van der Waals surface area contributed by atoms with E-state index in [0.717, 1.165) is 24.9 Å². The molecular weight excluding hydrogens is 308 g/mol. The number of nitrogens with two attached hydrogens (primary N) is 1. The van der Waals surface area contributed by atoms with Gasteiger partial charge in [-0.15, -0.1) is 12.4 Å². The summed E-state index contributed by atoms with van der Waals surface area (Å²) in [5.74, 6) is 0. The van der Waals surface area contributed by atoms with Gasteiger partial charge in [-0.1, -0.05) is 37.6 Å². The molecule has 0 aliphatic heterocycles. The Labute approximate surface area is 143 Å². The minimum atomic E-state index is -0.484. The van der Waals surface area contributed by atoms with Gasteiger partial charge in [0.2, 0.25) is 0 Å². The molecule has 1 heterocycles. The third-order valence-corrected chi connectivity index (χ3v) is 4.50. The molecule has 0 bridgehead atoms. The maximum absolute atomic E-state index is 10.2. The van der Waals surface area contributed by atoms with Crippen LogP contribution in [0.1, 0.15) is 38.3 Å². The fourth-order valence-electron chi connectivity index (χ4n) is 3.32. The number of rotatable bonds is 5. The number of hydrogen-bond donors (Lipinski definition) is 2. The molecule has 0 aliphatic rings. The molecule has 3 aromatic rings. The van der Waals surface area contributed by atoms with Crippen LogP contribution in [0.4, 0.5) is 0 Å². The standard InChI is InChI=1S/C19H24N2O.ClH/c1-3-7-18(22)19(20)13-10-11-17-15(12-13)14-8-5-6-9-16(14)21(17)4-2;/h5-6,8-12,18-19,22H,3-4,7,20H2,1-2H3;1H/t18-,19+;/m1./s1. The summed E-state index contributed by atoms with van der Waals surface area (Å²) in [6.45, 7) is 5.17. The molecule has 3 N–H and O–H groups in total. The smallest absolute Gasteiger partial charge is 0.0732 e. The fraction of sp³-hybridized carbons (Fsp3) is 0.368. The minimum absolute atomic E-state index is 0. The molecule has 124 valence electrons. The third kappa shape index (κ3) is 3.09. The highest BCUT2D eigenvalue weighted by Crippen LogP contribution is 2.31. The Bertz CT molecular complexity index is 797. The van der Waals surface area contributed by atoms with E-state index < -0.39 is 6.10 Å². The van der Waals surface area contributed by atoms with E-state index in [0.29, 0.717) is 0 Å². The number of aliphatic hydroxyl groups excluding tert-OH is 1. The van der Waals surface area contributed by atoms with Crippen molar-refractivity contribution < 1.29 is 5.11 Å². The number of halogens is 1. The van der Waals surface area contributed by atoms with Crippen LogP contribution in [0.15, 0.2) is 42.5 Å². The van der Waals surface area contributed by atoms with E-state index in [1.54, 1.807) is 0 Å². The quantitative estimate of drug-likeness (QED) is 0.727. The Hall–Kier alpha value is -1.55. The summed E-state index contributed by atoms with van der Waals surface area (Å²) < 4.78 is 2.32. The van der Waals surface area contributed by atoms with Crippen molar-refractivity contribution >= 4 is 34.2 Å². The second kappa shape index (κ2) is 7.35. The summed E-state index contributed by atoms with van der Waals surface area (Å²) in [5.41, 5.74) is 9.73. The van der Waals surface area contributed by atoms with Crippen molar-refractivity contribution in [3.63, 3.8) is 0 Å². The van der Waals surface area contributed by atoms with Crippen LogP contribution in [0.2, 0.25) is 0 Å². The van der Waals surface area contributed by atoms with Crippen LogP contribution in [-0.4, -0.2) is 15.8 Å². The summed E-state index contributed by atoms with van der Waals surface area (Å²) in [6, 6.07) is 14.5. The van der Waals surface area contributed by atoms with Crippen LogP contribution in [0.5, 0.6) is 0 Å². The summed E-state index contributed by atoms with van der Waals surface area (Å²) >= 11 is 0. The monoisotopic (exact) mass is 332 g/mol. The maximum atomic E-state index is 10.2. The molecule has 23 heavy (non-hydrogen) atoms. The molecule has 0 amide bonds. The molecule has 0 saturated heterocycles. The second-order valence-electron chi connectivity index (χ2n) is 5.92. The Morgan fingerprint density at radius 1 is 1.04 bits per heavy atom. The van der Waals surface area contributed by atoms with Crippen molar-refractivity contribution in [2.24, 2.45) is 5.73 Å². The van der Waals surface area contributed by atoms with Crippen molar-refractivity contribution in [3.8, 4) is 0 Å². The first kappa shape index (κ1) is 17.8. The largest absolute Gasteiger partial charge is 0.391 e. The third-order valence-electron chi connectivity index (χ3n) is 4.50. The summed E-state index contributed by atoms with van der Waals surface area (Å²) in [6.07, 6.45) is 1.18. The van der Waals surface area contributed by atoms with Gasteiger partial charge in [0.15, 0.2) is 0 Å². The first-order valence-corrected chi connectivity index (χ1v) is 8.11. The number of benzene rings is 2. The van der Waals surface area contributed by atoms with Gasteiger partial charge in [-0.25, -0.2) is 0 Å². The molecule has 0 saturated carbocycles. The highest BCUT2D eigenvalue weighted by atomic mass is 35.5. The van der Waals surface area contributed by atoms with Gasteiger partial charge < -0.3 is 15.4 Å². The zero-order chi connectivity index (χ0) is 15.7. The topological polar surface area (TPSA) is 51.2 Å². The van der Waals surface area contributed by atoms with E-state index in [-0.39, 0.29) is 18.4 Å². The Morgan fingerprint density at radius 2 is 1.74 bits per heavy atom. The van der Waals surface area contributed by atoms with Crippen LogP contribution in [-0.2, 0) is 6.54 Å². The average molecular weight is 333 g/mol. The van der Waals surface area contributed by atoms with Gasteiger partial charge in [0.1, 0.15) is 0 Å². The molecular formula is C19H25ClN2O. The molecule has 0 fully saturated rings. The molecule has 0 spiro atoms. The van der Waals surface area contributed by atoms with Crippen molar-refractivity contribution in [2.45, 2.75) is 45.4 Å². The lowest BCUT2D eigenvalue weighted by molar-refractivity contribution is 0.134. The molecule has 2 aromatic carbocycles. The van der Waals surface area contributed by atoms with E-state index in [1.165, 1.54) is 21.8 Å². The van der Waals surface area contributed by atoms with Crippen molar-refractivity contribution in [2.75, 3.05) is 0 Å². The highest BCUT2D eigenvalue weighted by Gasteiger charge is 2.18. The van der Waals surface area contributed by atoms with Crippen LogP contribution in [0, 0.1) is 0 Å². The Balaban J connectivity index is 0.00000192. The zero-order valence-corrected chi connectivity index (χ0v) is 14.5. The van der Waals surface area contributed by atoms with Crippen LogP contribution in [0.25, 0.3) is 21.8 Å². The van der Waals surface area contributed by atoms with Crippen molar-refractivity contribution in [3.05, 3.63) is 48.0 Å². The lowest BCUT2D eigenvalue weighted by Crippen LogP contribution is -2.25. The number of hydrogen-bond acceptors (Lipinski definition) is 2. The van der Waals surface area contributed by atoms with Gasteiger partial charge in [-0.3, -0.25) is 0 Å². The zero-order valence-electron chi connectivity index (χ0n) is 13.7. The van der Waals surface area contributed by atoms with E-state index in [9.17, 15) is 5.11 Å². The Kier molecular flexibility index (Phi) is 5.69. The van der Waals surface area contributed by atoms with Crippen LogP contribution >= 0.6 is 12.4 Å². The molecule has 0 aliphatic carbocycles. The van der Waals surface area contributed by atoms with E-state index in [2.05, 4.69) is 60.9 Å². The Morgan fingerprint density at radius 3 is 2.43 bits per heavy atom. The first-order chi connectivity index (χ1) is 10.7. The predicted molar refractivity (Wildman–Crippen MR) is 100 cm³/mol. The molecule has 1 aromatic heterocycles. The van der Waals surface area contributed by atoms with Gasteiger partial charge in [-0.2, -0.15) is 0 Å². The van der Waals surface area contributed by atoms with E-state index in [1.807, 2.05) is 0 Å². The fourth-order valence-corrected chi connectivity index (χ4v) is 3.32. The molecule has 0 unspecified atom stereocenters. The maximum Gasteiger partial charge on any atom is 0.0732 e. The lowest BCUT2D eigenvalue weighted by Gasteiger charge is -2.18. The van der Waals surface area contributed by atoms with Crippen molar-refractivity contribution in [1.29, 1.82) is 0 Å². The average Bonchev–Trinajstić information content (AvgIpc) is 2.87. The number of aromatic nitrogens is 1. The van der Waals surface area contributed by atoms with E-state index in [4.69, 9.17) is 5.73 Å². The number of aliphatic hydroxyl groups is 1. The van der Waals surface area contributed by atoms with Crippen LogP contribution < -0.4 is 5.73 Å². The van der Waals surface area contributed by atoms with Crippen LogP contribution in [0.3, 0.4) is 0 Å². The first-order valence-electron chi connectivity index (χ1n) is 8.11. The number of para-hydroxylation sites is 1.